The molecular weight excluding hydrogens is 302 g/mol. The summed E-state index contributed by atoms with van der Waals surface area (Å²) >= 11 is 0. The van der Waals surface area contributed by atoms with Gasteiger partial charge in [-0.3, -0.25) is 4.98 Å². The number of para-hydroxylation sites is 1. The Morgan fingerprint density at radius 1 is 0.708 bits per heavy atom. The molecule has 0 fully saturated rings. The minimum absolute atomic E-state index is 0.138. The van der Waals surface area contributed by atoms with Crippen LogP contribution < -0.4 is 0 Å². The Labute approximate surface area is 137 Å². The van der Waals surface area contributed by atoms with E-state index in [0.29, 0.717) is 22.4 Å². The molecular formula is C19H13N3O2. The minimum Gasteiger partial charge on any atom is -0.508 e. The molecule has 2 heterocycles. The monoisotopic (exact) mass is 315 g/mol. The molecule has 0 aliphatic rings. The van der Waals surface area contributed by atoms with Gasteiger partial charge >= 0.3 is 0 Å². The van der Waals surface area contributed by atoms with Crippen LogP contribution in [0.15, 0.2) is 67.0 Å². The van der Waals surface area contributed by atoms with E-state index in [2.05, 4.69) is 15.0 Å². The highest BCUT2D eigenvalue weighted by atomic mass is 16.3. The Balaban J connectivity index is 1.84. The van der Waals surface area contributed by atoms with Crippen molar-refractivity contribution in [1.82, 2.24) is 15.0 Å². The van der Waals surface area contributed by atoms with E-state index in [4.69, 9.17) is 0 Å². The van der Waals surface area contributed by atoms with Crippen molar-refractivity contribution >= 4 is 11.0 Å². The summed E-state index contributed by atoms with van der Waals surface area (Å²) in [6, 6.07) is 15.8. The first-order chi connectivity index (χ1) is 11.7. The SMILES string of the molecule is Oc1ccc(-c2cnc3cnc(-c4ccccc4O)nc3c2)cc1. The number of phenols is 2. The number of phenolic OH excluding ortho intramolecular Hbond substituents is 2. The number of fused-ring (bicyclic) bond motifs is 1. The van der Waals surface area contributed by atoms with Gasteiger partial charge in [0.1, 0.15) is 17.0 Å². The van der Waals surface area contributed by atoms with Crippen molar-refractivity contribution in [3.63, 3.8) is 0 Å². The number of hydrogen-bond acceptors (Lipinski definition) is 5. The van der Waals surface area contributed by atoms with Crippen molar-refractivity contribution in [3.05, 3.63) is 67.0 Å². The van der Waals surface area contributed by atoms with E-state index in [1.807, 2.05) is 24.3 Å². The molecule has 0 bridgehead atoms. The number of benzene rings is 2. The van der Waals surface area contributed by atoms with Gasteiger partial charge in [0.25, 0.3) is 0 Å². The highest BCUT2D eigenvalue weighted by Gasteiger charge is 2.09. The van der Waals surface area contributed by atoms with Crippen LogP contribution in [0.2, 0.25) is 0 Å². The molecule has 0 atom stereocenters. The van der Waals surface area contributed by atoms with Crippen LogP contribution in [0.25, 0.3) is 33.5 Å². The molecule has 5 nitrogen and oxygen atoms in total. The Hall–Kier alpha value is -3.47. The number of hydrogen-bond donors (Lipinski definition) is 2. The first kappa shape index (κ1) is 14.1. The smallest absolute Gasteiger partial charge is 0.163 e. The van der Waals surface area contributed by atoms with Crippen molar-refractivity contribution in [3.8, 4) is 34.0 Å². The minimum atomic E-state index is 0.138. The Kier molecular flexibility index (Phi) is 3.31. The van der Waals surface area contributed by atoms with Gasteiger partial charge in [-0.2, -0.15) is 0 Å². The number of nitrogens with zero attached hydrogens (tertiary/aromatic N) is 3. The molecule has 116 valence electrons. The molecule has 0 saturated carbocycles. The van der Waals surface area contributed by atoms with Crippen LogP contribution in [-0.4, -0.2) is 25.2 Å². The molecule has 0 spiro atoms. The van der Waals surface area contributed by atoms with Crippen molar-refractivity contribution in [1.29, 1.82) is 0 Å². The highest BCUT2D eigenvalue weighted by Crippen LogP contribution is 2.28. The number of pyridine rings is 1. The molecule has 2 N–H and O–H groups in total. The number of aromatic hydroxyl groups is 2. The molecule has 4 aromatic rings. The fourth-order valence-corrected chi connectivity index (χ4v) is 2.52. The summed E-state index contributed by atoms with van der Waals surface area (Å²) in [6.07, 6.45) is 3.39. The normalized spacial score (nSPS) is 10.8. The fourth-order valence-electron chi connectivity index (χ4n) is 2.52. The van der Waals surface area contributed by atoms with E-state index in [9.17, 15) is 10.2 Å². The van der Waals surface area contributed by atoms with Crippen molar-refractivity contribution < 1.29 is 10.2 Å². The predicted molar refractivity (Wildman–Crippen MR) is 91.5 cm³/mol. The van der Waals surface area contributed by atoms with Gasteiger partial charge < -0.3 is 10.2 Å². The van der Waals surface area contributed by atoms with Crippen molar-refractivity contribution in [2.24, 2.45) is 0 Å². The average molecular weight is 315 g/mol. The van der Waals surface area contributed by atoms with Gasteiger partial charge in [0.05, 0.1) is 17.3 Å². The van der Waals surface area contributed by atoms with Crippen LogP contribution in [0, 0.1) is 0 Å². The standard InChI is InChI=1S/C19H13N3O2/c23-14-7-5-12(6-8-14)13-9-16-17(20-10-13)11-21-19(22-16)15-3-1-2-4-18(15)24/h1-11,23-24H. The van der Waals surface area contributed by atoms with Gasteiger partial charge in [-0.15, -0.1) is 0 Å². The first-order valence-corrected chi connectivity index (χ1v) is 7.41. The zero-order valence-electron chi connectivity index (χ0n) is 12.6. The molecule has 0 aliphatic carbocycles. The van der Waals surface area contributed by atoms with E-state index < -0.39 is 0 Å². The van der Waals surface area contributed by atoms with E-state index >= 15 is 0 Å². The third-order valence-electron chi connectivity index (χ3n) is 3.78. The average Bonchev–Trinajstić information content (AvgIpc) is 2.62. The molecule has 4 rings (SSSR count). The third kappa shape index (κ3) is 2.52. The van der Waals surface area contributed by atoms with E-state index in [0.717, 1.165) is 11.1 Å². The topological polar surface area (TPSA) is 79.1 Å². The molecule has 0 unspecified atom stereocenters. The molecule has 0 amide bonds. The van der Waals surface area contributed by atoms with Crippen LogP contribution in [0.5, 0.6) is 11.5 Å². The molecule has 0 aliphatic heterocycles. The zero-order chi connectivity index (χ0) is 16.5. The maximum Gasteiger partial charge on any atom is 0.163 e. The third-order valence-corrected chi connectivity index (χ3v) is 3.78. The zero-order valence-corrected chi connectivity index (χ0v) is 12.6. The largest absolute Gasteiger partial charge is 0.508 e. The molecule has 0 saturated heterocycles. The Bertz CT molecular complexity index is 1030. The summed E-state index contributed by atoms with van der Waals surface area (Å²) < 4.78 is 0. The molecule has 0 radical (unpaired) electrons. The second-order valence-electron chi connectivity index (χ2n) is 5.39. The van der Waals surface area contributed by atoms with E-state index in [-0.39, 0.29) is 11.5 Å². The molecule has 2 aromatic heterocycles. The van der Waals surface area contributed by atoms with Gasteiger partial charge in [-0.05, 0) is 35.9 Å². The second kappa shape index (κ2) is 5.62. The summed E-state index contributed by atoms with van der Waals surface area (Å²) in [6.45, 7) is 0. The van der Waals surface area contributed by atoms with Crippen LogP contribution >= 0.6 is 0 Å². The quantitative estimate of drug-likeness (QED) is 0.588. The van der Waals surface area contributed by atoms with Gasteiger partial charge in [0.15, 0.2) is 5.82 Å². The highest BCUT2D eigenvalue weighted by molar-refractivity contribution is 5.81. The molecule has 2 aromatic carbocycles. The first-order valence-electron chi connectivity index (χ1n) is 7.41. The number of aromatic nitrogens is 3. The lowest BCUT2D eigenvalue weighted by Crippen LogP contribution is -1.92. The molecule has 24 heavy (non-hydrogen) atoms. The van der Waals surface area contributed by atoms with Gasteiger partial charge in [0, 0.05) is 11.8 Å². The maximum absolute atomic E-state index is 9.98. The van der Waals surface area contributed by atoms with Gasteiger partial charge in [-0.25, -0.2) is 9.97 Å². The van der Waals surface area contributed by atoms with Crippen molar-refractivity contribution in [2.45, 2.75) is 0 Å². The summed E-state index contributed by atoms with van der Waals surface area (Å²) in [7, 11) is 0. The fraction of sp³-hybridized carbons (Fsp3) is 0. The lowest BCUT2D eigenvalue weighted by atomic mass is 10.1. The second-order valence-corrected chi connectivity index (χ2v) is 5.39. The van der Waals surface area contributed by atoms with Gasteiger partial charge in [-0.1, -0.05) is 24.3 Å². The van der Waals surface area contributed by atoms with Gasteiger partial charge in [0.2, 0.25) is 0 Å². The van der Waals surface area contributed by atoms with Crippen LogP contribution in [0.1, 0.15) is 0 Å². The van der Waals surface area contributed by atoms with Crippen LogP contribution in [-0.2, 0) is 0 Å². The van der Waals surface area contributed by atoms with Crippen molar-refractivity contribution in [2.75, 3.05) is 0 Å². The predicted octanol–water partition coefficient (Wildman–Crippen LogP) is 3.77. The van der Waals surface area contributed by atoms with Crippen LogP contribution in [0.3, 0.4) is 0 Å². The lowest BCUT2D eigenvalue weighted by Gasteiger charge is -2.06. The summed E-state index contributed by atoms with van der Waals surface area (Å²) in [4.78, 5) is 13.2. The van der Waals surface area contributed by atoms with Crippen LogP contribution in [0.4, 0.5) is 0 Å². The van der Waals surface area contributed by atoms with E-state index in [1.165, 1.54) is 0 Å². The summed E-state index contributed by atoms with van der Waals surface area (Å²) in [5.74, 6) is 0.807. The Morgan fingerprint density at radius 2 is 1.50 bits per heavy atom. The molecule has 5 heteroatoms. The summed E-state index contributed by atoms with van der Waals surface area (Å²) in [5, 5.41) is 19.4. The Morgan fingerprint density at radius 3 is 2.29 bits per heavy atom. The van der Waals surface area contributed by atoms with E-state index in [1.54, 1.807) is 42.7 Å². The maximum atomic E-state index is 9.98. The summed E-state index contributed by atoms with van der Waals surface area (Å²) in [5.41, 5.74) is 3.77. The lowest BCUT2D eigenvalue weighted by molar-refractivity contribution is 0.475. The number of rotatable bonds is 2.